The van der Waals surface area contributed by atoms with Gasteiger partial charge in [0.15, 0.2) is 0 Å². The van der Waals surface area contributed by atoms with Crippen molar-refractivity contribution in [1.82, 2.24) is 9.97 Å². The van der Waals surface area contributed by atoms with Gasteiger partial charge in [-0.1, -0.05) is 78.9 Å². The molecule has 0 radical (unpaired) electrons. The molecule has 0 unspecified atom stereocenters. The van der Waals surface area contributed by atoms with Crippen LogP contribution in [0.1, 0.15) is 0 Å². The third kappa shape index (κ3) is 2.44. The SMILES string of the molecule is c1ccc(-c2cc3ccccc3c(-c3nccc4ccccc34)n2)cc1. The lowest BCUT2D eigenvalue weighted by Crippen LogP contribution is -1.94. The van der Waals surface area contributed by atoms with Crippen LogP contribution in [0.4, 0.5) is 0 Å². The highest BCUT2D eigenvalue weighted by molar-refractivity contribution is 6.03. The first kappa shape index (κ1) is 14.8. The summed E-state index contributed by atoms with van der Waals surface area (Å²) in [6.45, 7) is 0. The zero-order valence-corrected chi connectivity index (χ0v) is 14.1. The Kier molecular flexibility index (Phi) is 3.46. The zero-order valence-electron chi connectivity index (χ0n) is 14.1. The van der Waals surface area contributed by atoms with Crippen LogP contribution in [-0.4, -0.2) is 9.97 Å². The second-order valence-corrected chi connectivity index (χ2v) is 6.32. The Balaban J connectivity index is 1.87. The van der Waals surface area contributed by atoms with Crippen LogP contribution < -0.4 is 0 Å². The number of hydrogen-bond acceptors (Lipinski definition) is 2. The Morgan fingerprint density at radius 1 is 0.538 bits per heavy atom. The molecule has 122 valence electrons. The van der Waals surface area contributed by atoms with E-state index in [9.17, 15) is 0 Å². The van der Waals surface area contributed by atoms with Crippen LogP contribution in [0.3, 0.4) is 0 Å². The zero-order chi connectivity index (χ0) is 17.3. The normalized spacial score (nSPS) is 11.1. The second kappa shape index (κ2) is 6.08. The molecule has 2 heteroatoms. The van der Waals surface area contributed by atoms with Crippen LogP contribution in [0.25, 0.3) is 44.2 Å². The van der Waals surface area contributed by atoms with Gasteiger partial charge >= 0.3 is 0 Å². The van der Waals surface area contributed by atoms with Gasteiger partial charge in [0.05, 0.1) is 17.1 Å². The summed E-state index contributed by atoms with van der Waals surface area (Å²) in [6.07, 6.45) is 1.86. The van der Waals surface area contributed by atoms with E-state index < -0.39 is 0 Å². The largest absolute Gasteiger partial charge is 0.254 e. The van der Waals surface area contributed by atoms with E-state index in [1.54, 1.807) is 0 Å². The Bertz CT molecular complexity index is 1220. The van der Waals surface area contributed by atoms with Crippen molar-refractivity contribution in [2.75, 3.05) is 0 Å². The number of rotatable bonds is 2. The van der Waals surface area contributed by atoms with Crippen molar-refractivity contribution in [3.63, 3.8) is 0 Å². The second-order valence-electron chi connectivity index (χ2n) is 6.32. The van der Waals surface area contributed by atoms with Gasteiger partial charge in [0, 0.05) is 22.5 Å². The number of nitrogens with zero attached hydrogens (tertiary/aromatic N) is 2. The van der Waals surface area contributed by atoms with Crippen molar-refractivity contribution in [3.05, 3.63) is 97.2 Å². The number of fused-ring (bicyclic) bond motifs is 2. The van der Waals surface area contributed by atoms with E-state index in [2.05, 4.69) is 66.7 Å². The van der Waals surface area contributed by atoms with Gasteiger partial charge in [0.1, 0.15) is 0 Å². The molecule has 0 spiro atoms. The fraction of sp³-hybridized carbons (Fsp3) is 0. The molecule has 0 saturated carbocycles. The molecule has 0 aliphatic heterocycles. The molecule has 0 atom stereocenters. The van der Waals surface area contributed by atoms with Gasteiger partial charge in [-0.3, -0.25) is 4.98 Å². The van der Waals surface area contributed by atoms with Crippen molar-refractivity contribution in [3.8, 4) is 22.6 Å². The average Bonchev–Trinajstić information content (AvgIpc) is 2.73. The van der Waals surface area contributed by atoms with Crippen molar-refractivity contribution < 1.29 is 0 Å². The summed E-state index contributed by atoms with van der Waals surface area (Å²) in [6, 6.07) is 31.2. The van der Waals surface area contributed by atoms with Gasteiger partial charge in [-0.05, 0) is 22.9 Å². The molecule has 0 aliphatic carbocycles. The molecule has 5 aromatic rings. The number of hydrogen-bond donors (Lipinski definition) is 0. The van der Waals surface area contributed by atoms with Gasteiger partial charge in [-0.2, -0.15) is 0 Å². The summed E-state index contributed by atoms with van der Waals surface area (Å²) >= 11 is 0. The molecular weight excluding hydrogens is 316 g/mol. The summed E-state index contributed by atoms with van der Waals surface area (Å²) in [7, 11) is 0. The maximum Gasteiger partial charge on any atom is 0.0978 e. The maximum absolute atomic E-state index is 5.03. The van der Waals surface area contributed by atoms with Crippen LogP contribution in [0.5, 0.6) is 0 Å². The summed E-state index contributed by atoms with van der Waals surface area (Å²) in [5.74, 6) is 0. The highest BCUT2D eigenvalue weighted by atomic mass is 14.8. The predicted octanol–water partition coefficient (Wildman–Crippen LogP) is 6.12. The lowest BCUT2D eigenvalue weighted by molar-refractivity contribution is 1.28. The smallest absolute Gasteiger partial charge is 0.0978 e. The van der Waals surface area contributed by atoms with Crippen LogP contribution in [-0.2, 0) is 0 Å². The molecule has 3 aromatic carbocycles. The quantitative estimate of drug-likeness (QED) is 0.389. The van der Waals surface area contributed by atoms with Crippen LogP contribution in [0.2, 0.25) is 0 Å². The number of pyridine rings is 2. The Morgan fingerprint density at radius 2 is 1.19 bits per heavy atom. The minimum absolute atomic E-state index is 0.928. The molecule has 0 saturated heterocycles. The summed E-state index contributed by atoms with van der Waals surface area (Å²) in [4.78, 5) is 9.73. The Labute approximate surface area is 151 Å². The van der Waals surface area contributed by atoms with Crippen LogP contribution >= 0.6 is 0 Å². The minimum Gasteiger partial charge on any atom is -0.254 e. The van der Waals surface area contributed by atoms with Gasteiger partial charge in [0.2, 0.25) is 0 Å². The van der Waals surface area contributed by atoms with E-state index >= 15 is 0 Å². The van der Waals surface area contributed by atoms with E-state index in [0.717, 1.165) is 33.4 Å². The highest BCUT2D eigenvalue weighted by Crippen LogP contribution is 2.33. The third-order valence-electron chi connectivity index (χ3n) is 4.71. The van der Waals surface area contributed by atoms with E-state index in [1.165, 1.54) is 10.8 Å². The highest BCUT2D eigenvalue weighted by Gasteiger charge is 2.13. The first-order valence-corrected chi connectivity index (χ1v) is 8.69. The van der Waals surface area contributed by atoms with E-state index in [0.29, 0.717) is 0 Å². The Morgan fingerprint density at radius 3 is 2.00 bits per heavy atom. The average molecular weight is 332 g/mol. The van der Waals surface area contributed by atoms with Crippen LogP contribution in [0.15, 0.2) is 97.2 Å². The van der Waals surface area contributed by atoms with Gasteiger partial charge in [0.25, 0.3) is 0 Å². The molecule has 2 nitrogen and oxygen atoms in total. The molecule has 0 amide bonds. The van der Waals surface area contributed by atoms with Crippen molar-refractivity contribution in [1.29, 1.82) is 0 Å². The Hall–Kier alpha value is -3.52. The molecule has 2 aromatic heterocycles. The lowest BCUT2D eigenvalue weighted by atomic mass is 10.0. The molecule has 5 rings (SSSR count). The van der Waals surface area contributed by atoms with Crippen molar-refractivity contribution >= 4 is 21.5 Å². The van der Waals surface area contributed by atoms with E-state index in [4.69, 9.17) is 9.97 Å². The first-order chi connectivity index (χ1) is 12.9. The fourth-order valence-electron chi connectivity index (χ4n) is 3.44. The van der Waals surface area contributed by atoms with E-state index in [-0.39, 0.29) is 0 Å². The van der Waals surface area contributed by atoms with Gasteiger partial charge in [-0.25, -0.2) is 4.98 Å². The summed E-state index contributed by atoms with van der Waals surface area (Å²) < 4.78 is 0. The van der Waals surface area contributed by atoms with Crippen molar-refractivity contribution in [2.24, 2.45) is 0 Å². The molecule has 0 N–H and O–H groups in total. The monoisotopic (exact) mass is 332 g/mol. The summed E-state index contributed by atoms with van der Waals surface area (Å²) in [5.41, 5.74) is 3.93. The maximum atomic E-state index is 5.03. The van der Waals surface area contributed by atoms with Gasteiger partial charge < -0.3 is 0 Å². The topological polar surface area (TPSA) is 25.8 Å². The molecule has 26 heavy (non-hydrogen) atoms. The molecular formula is C24H16N2. The fourth-order valence-corrected chi connectivity index (χ4v) is 3.44. The first-order valence-electron chi connectivity index (χ1n) is 8.69. The lowest BCUT2D eigenvalue weighted by Gasteiger charge is -2.11. The summed E-state index contributed by atoms with van der Waals surface area (Å²) in [5, 5.41) is 4.59. The minimum atomic E-state index is 0.928. The van der Waals surface area contributed by atoms with Crippen LogP contribution in [0, 0.1) is 0 Å². The van der Waals surface area contributed by atoms with E-state index in [1.807, 2.05) is 30.5 Å². The standard InChI is InChI=1S/C24H16N2/c1-2-9-18(10-3-1)22-16-19-11-5-7-13-21(19)24(26-22)23-20-12-6-4-8-17(20)14-15-25-23/h1-16H. The van der Waals surface area contributed by atoms with Crippen molar-refractivity contribution in [2.45, 2.75) is 0 Å². The molecule has 0 aliphatic rings. The molecule has 0 bridgehead atoms. The number of benzene rings is 3. The third-order valence-corrected chi connectivity index (χ3v) is 4.71. The van der Waals surface area contributed by atoms with Gasteiger partial charge in [-0.15, -0.1) is 0 Å². The number of aromatic nitrogens is 2. The predicted molar refractivity (Wildman–Crippen MR) is 108 cm³/mol. The molecule has 2 heterocycles. The molecule has 0 fully saturated rings.